The molecule has 0 amide bonds. The predicted octanol–water partition coefficient (Wildman–Crippen LogP) is 1.74. The molecule has 0 aromatic carbocycles. The highest BCUT2D eigenvalue weighted by atomic mass is 79.9. The number of anilines is 1. The number of rotatable bonds is 5. The number of nitrogens with two attached hydrogens (primary N) is 1. The minimum absolute atomic E-state index is 0.0594. The average Bonchev–Trinajstić information content (AvgIpc) is 2.34. The van der Waals surface area contributed by atoms with E-state index in [-0.39, 0.29) is 16.3 Å². The molecule has 0 radical (unpaired) electrons. The van der Waals surface area contributed by atoms with Crippen LogP contribution in [0.2, 0.25) is 0 Å². The van der Waals surface area contributed by atoms with E-state index in [1.807, 2.05) is 6.92 Å². The SMILES string of the molecule is CCC1(NS(=O)(=O)c2cc(Br)cnc2NN)CCC1. The summed E-state index contributed by atoms with van der Waals surface area (Å²) in [5.74, 6) is 5.46. The molecule has 2 rings (SSSR count). The Balaban J connectivity index is 2.36. The first-order valence-electron chi connectivity index (χ1n) is 6.08. The fourth-order valence-corrected chi connectivity index (χ4v) is 4.36. The number of aromatic nitrogens is 1. The summed E-state index contributed by atoms with van der Waals surface area (Å²) in [5.41, 5.74) is 2.01. The van der Waals surface area contributed by atoms with Crippen LogP contribution in [0.3, 0.4) is 0 Å². The van der Waals surface area contributed by atoms with Crippen molar-refractivity contribution in [3.05, 3.63) is 16.7 Å². The van der Waals surface area contributed by atoms with Gasteiger partial charge in [-0.15, -0.1) is 0 Å². The molecule has 0 spiro atoms. The number of hydrogen-bond acceptors (Lipinski definition) is 5. The Kier molecular flexibility index (Phi) is 4.14. The number of sulfonamides is 1. The minimum Gasteiger partial charge on any atom is -0.307 e. The Morgan fingerprint density at radius 1 is 1.53 bits per heavy atom. The molecule has 106 valence electrons. The molecular weight excluding hydrogens is 332 g/mol. The van der Waals surface area contributed by atoms with Crippen LogP contribution in [-0.2, 0) is 10.0 Å². The normalized spacial score (nSPS) is 17.8. The maximum Gasteiger partial charge on any atom is 0.244 e. The zero-order valence-corrected chi connectivity index (χ0v) is 13.0. The molecule has 1 fully saturated rings. The van der Waals surface area contributed by atoms with E-state index in [1.165, 1.54) is 12.3 Å². The van der Waals surface area contributed by atoms with E-state index in [9.17, 15) is 8.42 Å². The summed E-state index contributed by atoms with van der Waals surface area (Å²) in [4.78, 5) is 4.02. The van der Waals surface area contributed by atoms with E-state index >= 15 is 0 Å². The quantitative estimate of drug-likeness (QED) is 0.556. The van der Waals surface area contributed by atoms with Gasteiger partial charge in [-0.25, -0.2) is 24.0 Å². The summed E-state index contributed by atoms with van der Waals surface area (Å²) in [5, 5.41) is 0. The van der Waals surface area contributed by atoms with Crippen molar-refractivity contribution < 1.29 is 8.42 Å². The van der Waals surface area contributed by atoms with Gasteiger partial charge in [0.25, 0.3) is 0 Å². The van der Waals surface area contributed by atoms with Crippen LogP contribution in [0.5, 0.6) is 0 Å². The second kappa shape index (κ2) is 5.35. The molecule has 19 heavy (non-hydrogen) atoms. The van der Waals surface area contributed by atoms with Gasteiger partial charge in [-0.2, -0.15) is 0 Å². The van der Waals surface area contributed by atoms with Crippen LogP contribution in [0.1, 0.15) is 32.6 Å². The van der Waals surface area contributed by atoms with Gasteiger partial charge < -0.3 is 5.43 Å². The molecule has 8 heteroatoms. The van der Waals surface area contributed by atoms with E-state index < -0.39 is 10.0 Å². The van der Waals surface area contributed by atoms with Crippen LogP contribution in [0, 0.1) is 0 Å². The molecule has 1 aliphatic carbocycles. The van der Waals surface area contributed by atoms with Crippen molar-refractivity contribution >= 4 is 31.8 Å². The molecule has 4 N–H and O–H groups in total. The van der Waals surface area contributed by atoms with Crippen molar-refractivity contribution in [1.29, 1.82) is 0 Å². The Morgan fingerprint density at radius 3 is 2.68 bits per heavy atom. The number of halogens is 1. The van der Waals surface area contributed by atoms with Gasteiger partial charge in [-0.3, -0.25) is 0 Å². The maximum absolute atomic E-state index is 12.5. The Bertz CT molecular complexity index is 567. The Labute approximate surface area is 121 Å². The monoisotopic (exact) mass is 348 g/mol. The van der Waals surface area contributed by atoms with Gasteiger partial charge >= 0.3 is 0 Å². The van der Waals surface area contributed by atoms with Gasteiger partial charge in [0.15, 0.2) is 5.82 Å². The third-order valence-corrected chi connectivity index (χ3v) is 5.61. The minimum atomic E-state index is -3.64. The predicted molar refractivity (Wildman–Crippen MR) is 76.9 cm³/mol. The Morgan fingerprint density at radius 2 is 2.21 bits per heavy atom. The maximum atomic E-state index is 12.5. The van der Waals surface area contributed by atoms with E-state index in [0.717, 1.165) is 25.7 Å². The fourth-order valence-electron chi connectivity index (χ4n) is 2.21. The number of nitrogen functional groups attached to an aromatic ring is 1. The lowest BCUT2D eigenvalue weighted by atomic mass is 9.76. The topological polar surface area (TPSA) is 97.1 Å². The molecular formula is C11H17BrN4O2S. The summed E-state index contributed by atoms with van der Waals surface area (Å²) in [6.07, 6.45) is 5.06. The highest BCUT2D eigenvalue weighted by Crippen LogP contribution is 2.36. The van der Waals surface area contributed by atoms with Gasteiger partial charge in [0.05, 0.1) is 0 Å². The van der Waals surface area contributed by atoms with Gasteiger partial charge in [-0.05, 0) is 47.7 Å². The second-order valence-corrected chi connectivity index (χ2v) is 7.30. The lowest BCUT2D eigenvalue weighted by Gasteiger charge is -2.41. The largest absolute Gasteiger partial charge is 0.307 e. The van der Waals surface area contributed by atoms with Crippen LogP contribution < -0.4 is 16.0 Å². The molecule has 6 nitrogen and oxygen atoms in total. The van der Waals surface area contributed by atoms with E-state index in [0.29, 0.717) is 4.47 Å². The highest BCUT2D eigenvalue weighted by Gasteiger charge is 2.39. The van der Waals surface area contributed by atoms with Crippen LogP contribution in [-0.4, -0.2) is 18.9 Å². The van der Waals surface area contributed by atoms with E-state index in [4.69, 9.17) is 5.84 Å². The van der Waals surface area contributed by atoms with Crippen molar-refractivity contribution in [2.45, 2.75) is 43.0 Å². The molecule has 1 aromatic heterocycles. The summed E-state index contributed by atoms with van der Waals surface area (Å²) >= 11 is 3.22. The van der Waals surface area contributed by atoms with Gasteiger partial charge in [-0.1, -0.05) is 6.92 Å². The molecule has 1 aromatic rings. The fraction of sp³-hybridized carbons (Fsp3) is 0.545. The third kappa shape index (κ3) is 2.91. The van der Waals surface area contributed by atoms with Crippen LogP contribution >= 0.6 is 15.9 Å². The number of hydrazine groups is 1. The molecule has 0 saturated heterocycles. The lowest BCUT2D eigenvalue weighted by molar-refractivity contribution is 0.214. The summed E-state index contributed by atoms with van der Waals surface area (Å²) in [7, 11) is -3.64. The van der Waals surface area contributed by atoms with Crippen molar-refractivity contribution in [2.24, 2.45) is 5.84 Å². The van der Waals surface area contributed by atoms with Crippen LogP contribution in [0.4, 0.5) is 5.82 Å². The molecule has 0 aliphatic heterocycles. The zero-order chi connectivity index (χ0) is 14.1. The second-order valence-electron chi connectivity index (χ2n) is 4.74. The first kappa shape index (κ1) is 14.7. The standard InChI is InChI=1S/C11H17BrN4O2S/c1-2-11(4-3-5-11)16-19(17,18)9-6-8(12)7-14-10(9)15-13/h6-7,16H,2-5,13H2,1H3,(H,14,15). The third-order valence-electron chi connectivity index (χ3n) is 3.58. The number of nitrogens with zero attached hydrogens (tertiary/aromatic N) is 1. The summed E-state index contributed by atoms with van der Waals surface area (Å²) in [6, 6.07) is 1.49. The lowest BCUT2D eigenvalue weighted by Crippen LogP contribution is -2.52. The smallest absolute Gasteiger partial charge is 0.244 e. The van der Waals surface area contributed by atoms with Crippen molar-refractivity contribution in [1.82, 2.24) is 9.71 Å². The molecule has 0 bridgehead atoms. The Hall–Kier alpha value is -0.700. The van der Waals surface area contributed by atoms with Crippen molar-refractivity contribution in [3.8, 4) is 0 Å². The summed E-state index contributed by atoms with van der Waals surface area (Å²) in [6.45, 7) is 1.99. The molecule has 1 heterocycles. The van der Waals surface area contributed by atoms with Crippen molar-refractivity contribution in [2.75, 3.05) is 5.43 Å². The van der Waals surface area contributed by atoms with Crippen LogP contribution in [0.25, 0.3) is 0 Å². The van der Waals surface area contributed by atoms with E-state index in [2.05, 4.69) is 31.1 Å². The van der Waals surface area contributed by atoms with Gasteiger partial charge in [0.2, 0.25) is 10.0 Å². The van der Waals surface area contributed by atoms with Crippen LogP contribution in [0.15, 0.2) is 21.6 Å². The summed E-state index contributed by atoms with van der Waals surface area (Å²) < 4.78 is 28.3. The van der Waals surface area contributed by atoms with Crippen molar-refractivity contribution in [3.63, 3.8) is 0 Å². The van der Waals surface area contributed by atoms with Gasteiger partial charge in [0.1, 0.15) is 4.90 Å². The molecule has 0 unspecified atom stereocenters. The number of hydrogen-bond donors (Lipinski definition) is 3. The molecule has 1 saturated carbocycles. The zero-order valence-electron chi connectivity index (χ0n) is 10.6. The highest BCUT2D eigenvalue weighted by molar-refractivity contribution is 9.10. The number of pyridine rings is 1. The van der Waals surface area contributed by atoms with Gasteiger partial charge in [0, 0.05) is 16.2 Å². The van der Waals surface area contributed by atoms with E-state index in [1.54, 1.807) is 0 Å². The molecule has 0 atom stereocenters. The number of nitrogens with one attached hydrogen (secondary N) is 2. The first-order valence-corrected chi connectivity index (χ1v) is 8.36. The molecule has 1 aliphatic rings. The first-order chi connectivity index (χ1) is 8.92. The average molecular weight is 349 g/mol.